The Bertz CT molecular complexity index is 701. The van der Waals surface area contributed by atoms with Crippen LogP contribution in [-0.4, -0.2) is 65.4 Å². The molecule has 196 valence electrons. The normalized spacial score (nSPS) is 15.5. The monoisotopic (exact) mass is 486 g/mol. The molecule has 5 atom stereocenters. The molecule has 34 heavy (non-hydrogen) atoms. The van der Waals surface area contributed by atoms with E-state index in [-0.39, 0.29) is 31.1 Å². The maximum Gasteiger partial charge on any atom is 0.326 e. The average Bonchev–Trinajstić information content (AvgIpc) is 2.77. The molecule has 0 aromatic carbocycles. The van der Waals surface area contributed by atoms with Gasteiger partial charge >= 0.3 is 5.97 Å². The summed E-state index contributed by atoms with van der Waals surface area (Å²) >= 11 is 0. The minimum absolute atomic E-state index is 0.0838. The van der Waals surface area contributed by atoms with Crippen LogP contribution >= 0.6 is 0 Å². The standard InChI is InChI=1S/C22H42N6O6/c1-5-13(4)18(22(33)34)28-20(31)14(8-6-7-11-23)26-19(30)15(9-10-16(24)29)27-21(32)17(25)12(2)3/h12-15,17-18H,5-11,23,25H2,1-4H3,(H2,24,29)(H,26,30)(H,27,32)(H,28,31)(H,33,34). The number of hydrogen-bond acceptors (Lipinski definition) is 7. The van der Waals surface area contributed by atoms with E-state index in [2.05, 4.69) is 16.0 Å². The Morgan fingerprint density at radius 1 is 0.853 bits per heavy atom. The number of carbonyl (C=O) groups excluding carboxylic acids is 4. The van der Waals surface area contributed by atoms with Gasteiger partial charge in [-0.2, -0.15) is 0 Å². The SMILES string of the molecule is CCC(C)C(NC(=O)C(CCCCN)NC(=O)C(CCC(N)=O)NC(=O)C(N)C(C)C)C(=O)O. The molecule has 0 aliphatic heterocycles. The highest BCUT2D eigenvalue weighted by Gasteiger charge is 2.32. The molecule has 0 aliphatic carbocycles. The minimum atomic E-state index is -1.18. The van der Waals surface area contributed by atoms with E-state index in [4.69, 9.17) is 17.2 Å². The zero-order valence-corrected chi connectivity index (χ0v) is 20.6. The Labute approximate surface area is 201 Å². The van der Waals surface area contributed by atoms with Crippen LogP contribution < -0.4 is 33.2 Å². The molecule has 0 aliphatic rings. The molecule has 4 amide bonds. The van der Waals surface area contributed by atoms with E-state index in [1.807, 2.05) is 0 Å². The molecule has 10 N–H and O–H groups in total. The highest BCUT2D eigenvalue weighted by atomic mass is 16.4. The number of aliphatic carboxylic acids is 1. The summed E-state index contributed by atoms with van der Waals surface area (Å²) in [7, 11) is 0. The fourth-order valence-electron chi connectivity index (χ4n) is 3.10. The van der Waals surface area contributed by atoms with E-state index < -0.39 is 53.8 Å². The van der Waals surface area contributed by atoms with Gasteiger partial charge in [-0.05, 0) is 44.1 Å². The highest BCUT2D eigenvalue weighted by Crippen LogP contribution is 2.10. The van der Waals surface area contributed by atoms with E-state index in [0.29, 0.717) is 25.8 Å². The summed E-state index contributed by atoms with van der Waals surface area (Å²) in [5.41, 5.74) is 16.6. The number of hydrogen-bond donors (Lipinski definition) is 7. The van der Waals surface area contributed by atoms with Gasteiger partial charge in [-0.15, -0.1) is 0 Å². The molecule has 0 saturated heterocycles. The number of carboxylic acid groups (broad SMARTS) is 1. The van der Waals surface area contributed by atoms with Crippen LogP contribution in [0.2, 0.25) is 0 Å². The van der Waals surface area contributed by atoms with Crippen molar-refractivity contribution in [1.29, 1.82) is 0 Å². The van der Waals surface area contributed by atoms with Crippen molar-refractivity contribution in [2.45, 2.75) is 90.4 Å². The van der Waals surface area contributed by atoms with Crippen molar-refractivity contribution < 1.29 is 29.1 Å². The summed E-state index contributed by atoms with van der Waals surface area (Å²) < 4.78 is 0. The van der Waals surface area contributed by atoms with Crippen molar-refractivity contribution in [1.82, 2.24) is 16.0 Å². The molecule has 0 aromatic heterocycles. The number of nitrogens with two attached hydrogens (primary N) is 3. The molecule has 0 aromatic rings. The lowest BCUT2D eigenvalue weighted by molar-refractivity contribution is -0.144. The number of carbonyl (C=O) groups is 5. The zero-order chi connectivity index (χ0) is 26.4. The van der Waals surface area contributed by atoms with Crippen LogP contribution in [0.25, 0.3) is 0 Å². The third-order valence-corrected chi connectivity index (χ3v) is 5.69. The van der Waals surface area contributed by atoms with Gasteiger partial charge in [-0.25, -0.2) is 4.79 Å². The molecule has 0 radical (unpaired) electrons. The topological polar surface area (TPSA) is 220 Å². The van der Waals surface area contributed by atoms with Gasteiger partial charge in [0.2, 0.25) is 23.6 Å². The molecule has 12 heteroatoms. The van der Waals surface area contributed by atoms with Crippen LogP contribution in [0, 0.1) is 11.8 Å². The fraction of sp³-hybridized carbons (Fsp3) is 0.773. The number of unbranched alkanes of at least 4 members (excludes halogenated alkanes) is 1. The number of primary amides is 1. The first-order valence-corrected chi connectivity index (χ1v) is 11.7. The Kier molecular flexibility index (Phi) is 14.7. The fourth-order valence-corrected chi connectivity index (χ4v) is 3.10. The summed E-state index contributed by atoms with van der Waals surface area (Å²) in [5, 5.41) is 17.1. The van der Waals surface area contributed by atoms with E-state index in [1.165, 1.54) is 0 Å². The lowest BCUT2D eigenvalue weighted by Gasteiger charge is -2.27. The van der Waals surface area contributed by atoms with Crippen LogP contribution in [0.3, 0.4) is 0 Å². The van der Waals surface area contributed by atoms with Crippen LogP contribution in [0.4, 0.5) is 0 Å². The number of nitrogens with one attached hydrogen (secondary N) is 3. The maximum absolute atomic E-state index is 13.0. The van der Waals surface area contributed by atoms with Gasteiger partial charge in [0.25, 0.3) is 0 Å². The molecule has 0 bridgehead atoms. The van der Waals surface area contributed by atoms with Crippen molar-refractivity contribution in [2.75, 3.05) is 6.54 Å². The first-order valence-electron chi connectivity index (χ1n) is 11.7. The van der Waals surface area contributed by atoms with E-state index in [1.54, 1.807) is 27.7 Å². The number of rotatable bonds is 17. The van der Waals surface area contributed by atoms with Gasteiger partial charge < -0.3 is 38.3 Å². The van der Waals surface area contributed by atoms with Gasteiger partial charge in [-0.1, -0.05) is 34.1 Å². The Hall–Kier alpha value is -2.73. The van der Waals surface area contributed by atoms with Gasteiger partial charge in [0.05, 0.1) is 6.04 Å². The molecular weight excluding hydrogens is 444 g/mol. The zero-order valence-electron chi connectivity index (χ0n) is 20.6. The van der Waals surface area contributed by atoms with Crippen molar-refractivity contribution >= 4 is 29.6 Å². The summed E-state index contributed by atoms with van der Waals surface area (Å²) in [6, 6.07) is -4.21. The first kappa shape index (κ1) is 31.3. The molecular formula is C22H42N6O6. The average molecular weight is 487 g/mol. The summed E-state index contributed by atoms with van der Waals surface area (Å²) in [4.78, 5) is 61.2. The van der Waals surface area contributed by atoms with Gasteiger partial charge in [0, 0.05) is 6.42 Å². The van der Waals surface area contributed by atoms with Crippen molar-refractivity contribution in [3.05, 3.63) is 0 Å². The lowest BCUT2D eigenvalue weighted by Crippen LogP contribution is -2.58. The predicted octanol–water partition coefficient (Wildman–Crippen LogP) is -1.05. The summed E-state index contributed by atoms with van der Waals surface area (Å²) in [5.74, 6) is -4.29. The molecule has 12 nitrogen and oxygen atoms in total. The Morgan fingerprint density at radius 2 is 1.38 bits per heavy atom. The number of amides is 4. The predicted molar refractivity (Wildman–Crippen MR) is 127 cm³/mol. The second-order valence-electron chi connectivity index (χ2n) is 8.89. The highest BCUT2D eigenvalue weighted by molar-refractivity contribution is 5.94. The number of carboxylic acids is 1. The van der Waals surface area contributed by atoms with Gasteiger partial charge in [0.15, 0.2) is 0 Å². The smallest absolute Gasteiger partial charge is 0.326 e. The Balaban J connectivity index is 5.62. The molecule has 0 fully saturated rings. The van der Waals surface area contributed by atoms with E-state index in [9.17, 15) is 29.1 Å². The van der Waals surface area contributed by atoms with Crippen molar-refractivity contribution in [2.24, 2.45) is 29.0 Å². The second-order valence-corrected chi connectivity index (χ2v) is 8.89. The van der Waals surface area contributed by atoms with E-state index in [0.717, 1.165) is 0 Å². The van der Waals surface area contributed by atoms with Crippen LogP contribution in [-0.2, 0) is 24.0 Å². The first-order chi connectivity index (χ1) is 15.8. The maximum atomic E-state index is 13.0. The van der Waals surface area contributed by atoms with Crippen LogP contribution in [0.1, 0.15) is 66.2 Å². The summed E-state index contributed by atoms with van der Waals surface area (Å²) in [6.45, 7) is 7.39. The third-order valence-electron chi connectivity index (χ3n) is 5.69. The van der Waals surface area contributed by atoms with Gasteiger partial charge in [0.1, 0.15) is 18.1 Å². The molecule has 0 spiro atoms. The quantitative estimate of drug-likeness (QED) is 0.125. The second kappa shape index (κ2) is 16.0. The molecule has 0 rings (SSSR count). The third kappa shape index (κ3) is 11.4. The molecule has 0 saturated carbocycles. The largest absolute Gasteiger partial charge is 0.480 e. The van der Waals surface area contributed by atoms with Crippen molar-refractivity contribution in [3.8, 4) is 0 Å². The summed E-state index contributed by atoms with van der Waals surface area (Å²) in [6.07, 6.45) is 1.58. The molecule has 0 heterocycles. The van der Waals surface area contributed by atoms with Crippen molar-refractivity contribution in [3.63, 3.8) is 0 Å². The lowest BCUT2D eigenvalue weighted by atomic mass is 9.98. The van der Waals surface area contributed by atoms with E-state index >= 15 is 0 Å². The minimum Gasteiger partial charge on any atom is -0.480 e. The van der Waals surface area contributed by atoms with Crippen LogP contribution in [0.15, 0.2) is 0 Å². The van der Waals surface area contributed by atoms with Gasteiger partial charge in [-0.3, -0.25) is 19.2 Å². The van der Waals surface area contributed by atoms with Crippen LogP contribution in [0.5, 0.6) is 0 Å². The Morgan fingerprint density at radius 3 is 1.85 bits per heavy atom. The molecule has 5 unspecified atom stereocenters.